The van der Waals surface area contributed by atoms with E-state index in [-0.39, 0.29) is 12.0 Å². The normalized spacial score (nSPS) is 23.4. The van der Waals surface area contributed by atoms with Crippen molar-refractivity contribution in [2.45, 2.75) is 29.9 Å². The van der Waals surface area contributed by atoms with Crippen molar-refractivity contribution >= 4 is 23.4 Å². The van der Waals surface area contributed by atoms with Crippen LogP contribution in [0.3, 0.4) is 0 Å². The number of hydrogen-bond acceptors (Lipinski definition) is 6. The van der Waals surface area contributed by atoms with Crippen molar-refractivity contribution in [3.63, 3.8) is 0 Å². The van der Waals surface area contributed by atoms with Gasteiger partial charge in [0.15, 0.2) is 11.5 Å². The van der Waals surface area contributed by atoms with Crippen LogP contribution in [0.2, 0.25) is 0 Å². The smallest absolute Gasteiger partial charge is 0.253 e. The van der Waals surface area contributed by atoms with Crippen LogP contribution < -0.4 is 20.5 Å². The Bertz CT molecular complexity index is 567. The molecule has 0 saturated carbocycles. The number of rotatable bonds is 4. The van der Waals surface area contributed by atoms with E-state index in [0.717, 1.165) is 17.0 Å². The summed E-state index contributed by atoms with van der Waals surface area (Å²) in [6.45, 7) is 1.51. The van der Waals surface area contributed by atoms with Gasteiger partial charge in [0.05, 0.1) is 11.8 Å². The lowest BCUT2D eigenvalue weighted by molar-refractivity contribution is -0.126. The summed E-state index contributed by atoms with van der Waals surface area (Å²) in [5.41, 5.74) is 6.30. The molecule has 120 valence electrons. The average molecular weight is 324 g/mol. The van der Waals surface area contributed by atoms with Crippen LogP contribution in [0.25, 0.3) is 0 Å². The number of ether oxygens (including phenoxy) is 3. The van der Waals surface area contributed by atoms with Crippen molar-refractivity contribution in [3.8, 4) is 11.5 Å². The number of nitrogens with two attached hydrogens (primary N) is 1. The van der Waals surface area contributed by atoms with Gasteiger partial charge in [0.2, 0.25) is 0 Å². The number of nitrogens with one attached hydrogen (secondary N) is 1. The van der Waals surface area contributed by atoms with Crippen LogP contribution in [0, 0.1) is 0 Å². The van der Waals surface area contributed by atoms with Crippen molar-refractivity contribution < 1.29 is 19.0 Å². The summed E-state index contributed by atoms with van der Waals surface area (Å²) < 4.78 is 16.8. The van der Waals surface area contributed by atoms with E-state index in [1.165, 1.54) is 0 Å². The number of fused-ring (bicyclic) bond motifs is 1. The van der Waals surface area contributed by atoms with Crippen LogP contribution in [0.4, 0.5) is 5.69 Å². The molecule has 3 N–H and O–H groups in total. The zero-order valence-electron chi connectivity index (χ0n) is 12.5. The van der Waals surface area contributed by atoms with E-state index in [2.05, 4.69) is 5.32 Å². The molecule has 2 atom stereocenters. The highest BCUT2D eigenvalue weighted by molar-refractivity contribution is 7.98. The van der Waals surface area contributed by atoms with Crippen molar-refractivity contribution in [2.24, 2.45) is 5.73 Å². The molecule has 1 fully saturated rings. The van der Waals surface area contributed by atoms with Crippen molar-refractivity contribution in [3.05, 3.63) is 12.1 Å². The van der Waals surface area contributed by atoms with Crippen molar-refractivity contribution in [1.29, 1.82) is 0 Å². The third-order valence-electron chi connectivity index (χ3n) is 3.79. The minimum atomic E-state index is -0.434. The lowest BCUT2D eigenvalue weighted by Gasteiger charge is -2.21. The highest BCUT2D eigenvalue weighted by Gasteiger charge is 2.30. The molecule has 6 nitrogen and oxygen atoms in total. The van der Waals surface area contributed by atoms with Gasteiger partial charge < -0.3 is 25.3 Å². The van der Waals surface area contributed by atoms with Crippen LogP contribution in [-0.4, -0.2) is 44.1 Å². The second-order valence-corrected chi connectivity index (χ2v) is 6.09. The molecule has 2 heterocycles. The first-order valence-electron chi connectivity index (χ1n) is 7.35. The Morgan fingerprint density at radius 3 is 2.68 bits per heavy atom. The third-order valence-corrected chi connectivity index (χ3v) is 4.56. The second-order valence-electron chi connectivity index (χ2n) is 5.25. The number of carbonyl (C=O) groups is 1. The molecule has 0 aliphatic carbocycles. The van der Waals surface area contributed by atoms with Gasteiger partial charge in [-0.2, -0.15) is 0 Å². The fourth-order valence-electron chi connectivity index (χ4n) is 2.62. The Labute approximate surface area is 133 Å². The van der Waals surface area contributed by atoms with E-state index in [1.807, 2.05) is 18.4 Å². The molecule has 3 rings (SSSR count). The number of hydrogen-bond donors (Lipinski definition) is 2. The first-order valence-corrected chi connectivity index (χ1v) is 8.57. The average Bonchev–Trinajstić information content (AvgIpc) is 3.03. The van der Waals surface area contributed by atoms with Gasteiger partial charge in [-0.3, -0.25) is 4.79 Å². The lowest BCUT2D eigenvalue weighted by Crippen LogP contribution is -2.30. The Morgan fingerprint density at radius 2 is 2.05 bits per heavy atom. The van der Waals surface area contributed by atoms with Gasteiger partial charge in [0, 0.05) is 17.5 Å². The van der Waals surface area contributed by atoms with E-state index in [9.17, 15) is 4.79 Å². The topological polar surface area (TPSA) is 82.8 Å². The standard InChI is InChI=1S/C15H20N2O4S/c1-22-14-7-13-12(19-4-5-20-13)6-10(14)17-15(18)11-3-2-9(8-16)21-11/h6-7,9,11H,2-5,8,16H2,1H3,(H,17,18)/t9-,11+/m1/s1. The molecule has 0 bridgehead atoms. The predicted octanol–water partition coefficient (Wildman–Crippen LogP) is 1.62. The molecule has 7 heteroatoms. The largest absolute Gasteiger partial charge is 0.486 e. The predicted molar refractivity (Wildman–Crippen MR) is 84.8 cm³/mol. The SMILES string of the molecule is CSc1cc2c(cc1NC(=O)[C@@H]1CC[C@H](CN)O1)OCCO2. The second kappa shape index (κ2) is 6.76. The molecule has 1 amide bonds. The van der Waals surface area contributed by atoms with Gasteiger partial charge in [-0.1, -0.05) is 0 Å². The zero-order valence-corrected chi connectivity index (χ0v) is 13.3. The Morgan fingerprint density at radius 1 is 1.32 bits per heavy atom. The fourth-order valence-corrected chi connectivity index (χ4v) is 3.18. The zero-order chi connectivity index (χ0) is 15.5. The lowest BCUT2D eigenvalue weighted by atomic mass is 10.2. The van der Waals surface area contributed by atoms with E-state index < -0.39 is 6.10 Å². The van der Waals surface area contributed by atoms with Gasteiger partial charge in [-0.25, -0.2) is 0 Å². The molecule has 0 aromatic heterocycles. The maximum Gasteiger partial charge on any atom is 0.253 e. The summed E-state index contributed by atoms with van der Waals surface area (Å²) in [7, 11) is 0. The van der Waals surface area contributed by atoms with Crippen LogP contribution in [-0.2, 0) is 9.53 Å². The van der Waals surface area contributed by atoms with Crippen LogP contribution in [0.5, 0.6) is 11.5 Å². The highest BCUT2D eigenvalue weighted by atomic mass is 32.2. The number of anilines is 1. The minimum Gasteiger partial charge on any atom is -0.486 e. The Hall–Kier alpha value is -1.44. The molecule has 1 aromatic carbocycles. The van der Waals surface area contributed by atoms with Gasteiger partial charge in [-0.15, -0.1) is 11.8 Å². The van der Waals surface area contributed by atoms with Crippen LogP contribution in [0.1, 0.15) is 12.8 Å². The minimum absolute atomic E-state index is 0.0176. The summed E-state index contributed by atoms with van der Waals surface area (Å²) in [4.78, 5) is 13.3. The van der Waals surface area contributed by atoms with E-state index in [4.69, 9.17) is 19.9 Å². The number of amides is 1. The van der Waals surface area contributed by atoms with Crippen molar-refractivity contribution in [1.82, 2.24) is 0 Å². The highest BCUT2D eigenvalue weighted by Crippen LogP contribution is 2.39. The van der Waals surface area contributed by atoms with Gasteiger partial charge in [0.25, 0.3) is 5.91 Å². The summed E-state index contributed by atoms with van der Waals surface area (Å²) >= 11 is 1.55. The monoisotopic (exact) mass is 324 g/mol. The third kappa shape index (κ3) is 3.16. The molecular weight excluding hydrogens is 304 g/mol. The molecule has 1 saturated heterocycles. The quantitative estimate of drug-likeness (QED) is 0.819. The summed E-state index contributed by atoms with van der Waals surface area (Å²) in [5, 5.41) is 2.94. The molecular formula is C15H20N2O4S. The number of thioether (sulfide) groups is 1. The van der Waals surface area contributed by atoms with Gasteiger partial charge in [0.1, 0.15) is 19.3 Å². The van der Waals surface area contributed by atoms with Crippen LogP contribution in [0.15, 0.2) is 17.0 Å². The molecule has 1 aromatic rings. The van der Waals surface area contributed by atoms with E-state index in [0.29, 0.717) is 37.7 Å². The molecule has 0 unspecified atom stereocenters. The van der Waals surface area contributed by atoms with E-state index >= 15 is 0 Å². The van der Waals surface area contributed by atoms with Crippen LogP contribution >= 0.6 is 11.8 Å². The maximum absolute atomic E-state index is 12.4. The van der Waals surface area contributed by atoms with Gasteiger partial charge >= 0.3 is 0 Å². The first-order chi connectivity index (χ1) is 10.7. The van der Waals surface area contributed by atoms with Gasteiger partial charge in [-0.05, 0) is 25.2 Å². The number of carbonyl (C=O) groups excluding carboxylic acids is 1. The summed E-state index contributed by atoms with van der Waals surface area (Å²) in [5.74, 6) is 1.24. The molecule has 2 aliphatic heterocycles. The number of benzene rings is 1. The molecule has 2 aliphatic rings. The molecule has 22 heavy (non-hydrogen) atoms. The molecule has 0 spiro atoms. The summed E-state index contributed by atoms with van der Waals surface area (Å²) in [6, 6.07) is 3.71. The Kier molecular flexibility index (Phi) is 4.75. The van der Waals surface area contributed by atoms with Crippen molar-refractivity contribution in [2.75, 3.05) is 31.3 Å². The first kappa shape index (κ1) is 15.5. The van der Waals surface area contributed by atoms with E-state index in [1.54, 1.807) is 11.8 Å². The maximum atomic E-state index is 12.4. The Balaban J connectivity index is 1.75. The summed E-state index contributed by atoms with van der Waals surface area (Å²) in [6.07, 6.45) is 3.03. The fraction of sp³-hybridized carbons (Fsp3) is 0.533. The molecule has 0 radical (unpaired) electrons.